The highest BCUT2D eigenvalue weighted by Crippen LogP contribution is 2.18. The van der Waals surface area contributed by atoms with Gasteiger partial charge in [0.15, 0.2) is 5.11 Å². The van der Waals surface area contributed by atoms with Crippen LogP contribution in [0.1, 0.15) is 10.4 Å². The van der Waals surface area contributed by atoms with Crippen LogP contribution in [0.25, 0.3) is 0 Å². The van der Waals surface area contributed by atoms with Gasteiger partial charge in [-0.3, -0.25) is 4.79 Å². The number of nitrogens with zero attached hydrogens (tertiary/aromatic N) is 1. The van der Waals surface area contributed by atoms with Gasteiger partial charge in [0.25, 0.3) is 5.91 Å². The maximum atomic E-state index is 12.7. The van der Waals surface area contributed by atoms with Crippen LogP contribution in [0.4, 0.5) is 11.4 Å². The van der Waals surface area contributed by atoms with E-state index in [0.717, 1.165) is 5.69 Å². The third-order valence-electron chi connectivity index (χ3n) is 3.74. The smallest absolute Gasteiger partial charge is 0.256 e. The van der Waals surface area contributed by atoms with Gasteiger partial charge in [0.2, 0.25) is 0 Å². The Hall–Kier alpha value is -2.44. The maximum absolute atomic E-state index is 12.7. The number of hydrogen-bond acceptors (Lipinski definition) is 3. The van der Waals surface area contributed by atoms with Crippen molar-refractivity contribution in [3.05, 3.63) is 60.2 Å². The first-order chi connectivity index (χ1) is 11.7. The van der Waals surface area contributed by atoms with Gasteiger partial charge in [-0.05, 0) is 36.5 Å². The molecule has 1 heterocycles. The monoisotopic (exact) mass is 341 g/mol. The van der Waals surface area contributed by atoms with E-state index in [-0.39, 0.29) is 5.91 Å². The molecule has 2 N–H and O–H groups in total. The molecule has 0 unspecified atom stereocenters. The number of benzene rings is 2. The summed E-state index contributed by atoms with van der Waals surface area (Å²) < 4.78 is 5.31. The fourth-order valence-corrected chi connectivity index (χ4v) is 2.75. The van der Waals surface area contributed by atoms with Crippen LogP contribution >= 0.6 is 12.2 Å². The molecule has 1 aliphatic rings. The first kappa shape index (κ1) is 16.4. The van der Waals surface area contributed by atoms with Crippen LogP contribution in [0, 0.1) is 0 Å². The highest BCUT2D eigenvalue weighted by molar-refractivity contribution is 7.80. The van der Waals surface area contributed by atoms with Crippen molar-refractivity contribution in [2.75, 3.05) is 36.9 Å². The number of ether oxygens (including phenoxy) is 1. The number of morpholine rings is 1. The number of carbonyl (C=O) groups excluding carboxylic acids is 1. The molecule has 0 radical (unpaired) electrons. The summed E-state index contributed by atoms with van der Waals surface area (Å²) in [6, 6.07) is 17.1. The van der Waals surface area contributed by atoms with E-state index >= 15 is 0 Å². The Morgan fingerprint density at radius 1 is 0.958 bits per heavy atom. The number of carbonyl (C=O) groups is 1. The number of nitrogens with one attached hydrogen (secondary N) is 2. The third-order valence-corrected chi connectivity index (χ3v) is 3.94. The molecule has 0 bridgehead atoms. The van der Waals surface area contributed by atoms with Crippen LogP contribution in [0.3, 0.4) is 0 Å². The second-order valence-electron chi connectivity index (χ2n) is 5.40. The van der Waals surface area contributed by atoms with E-state index in [0.29, 0.717) is 42.7 Å². The highest BCUT2D eigenvalue weighted by Gasteiger charge is 2.21. The van der Waals surface area contributed by atoms with E-state index in [1.807, 2.05) is 54.6 Å². The molecule has 3 rings (SSSR count). The summed E-state index contributed by atoms with van der Waals surface area (Å²) in [7, 11) is 0. The average Bonchev–Trinajstić information content (AvgIpc) is 2.63. The van der Waals surface area contributed by atoms with Gasteiger partial charge in [-0.2, -0.15) is 0 Å². The van der Waals surface area contributed by atoms with Crippen molar-refractivity contribution in [2.45, 2.75) is 0 Å². The van der Waals surface area contributed by atoms with Crippen LogP contribution in [0.2, 0.25) is 0 Å². The van der Waals surface area contributed by atoms with Crippen molar-refractivity contribution in [1.82, 2.24) is 4.90 Å². The minimum atomic E-state index is -0.0103. The molecule has 0 spiro atoms. The zero-order valence-electron chi connectivity index (χ0n) is 13.2. The second-order valence-corrected chi connectivity index (χ2v) is 5.80. The first-order valence-electron chi connectivity index (χ1n) is 7.83. The van der Waals surface area contributed by atoms with E-state index in [9.17, 15) is 4.79 Å². The summed E-state index contributed by atoms with van der Waals surface area (Å²) in [5, 5.41) is 6.68. The Labute approximate surface area is 146 Å². The zero-order valence-corrected chi connectivity index (χ0v) is 14.0. The number of anilines is 2. The van der Waals surface area contributed by atoms with E-state index in [2.05, 4.69) is 10.6 Å². The summed E-state index contributed by atoms with van der Waals surface area (Å²) in [6.07, 6.45) is 0. The SMILES string of the molecule is O=C(c1ccccc1NC(=S)Nc1ccccc1)N1CCOCC1. The molecule has 124 valence electrons. The molecule has 0 atom stereocenters. The standard InChI is InChI=1S/C18H19N3O2S/c22-17(21-10-12-23-13-11-21)15-8-4-5-9-16(15)20-18(24)19-14-6-2-1-3-7-14/h1-9H,10-13H2,(H2,19,20,24). The van der Waals surface area contributed by atoms with Gasteiger partial charge >= 0.3 is 0 Å². The molecule has 2 aromatic carbocycles. The molecule has 2 aromatic rings. The molecule has 1 amide bonds. The molecule has 1 saturated heterocycles. The van der Waals surface area contributed by atoms with Crippen LogP contribution in [0.5, 0.6) is 0 Å². The van der Waals surface area contributed by atoms with Crippen molar-refractivity contribution >= 4 is 34.6 Å². The second kappa shape index (κ2) is 7.90. The summed E-state index contributed by atoms with van der Waals surface area (Å²) in [6.45, 7) is 2.38. The summed E-state index contributed by atoms with van der Waals surface area (Å²) in [5.74, 6) is -0.0103. The molecule has 0 saturated carbocycles. The Balaban J connectivity index is 1.71. The topological polar surface area (TPSA) is 53.6 Å². The molecular weight excluding hydrogens is 322 g/mol. The molecule has 6 heteroatoms. The number of para-hydroxylation sites is 2. The molecule has 5 nitrogen and oxygen atoms in total. The lowest BCUT2D eigenvalue weighted by Crippen LogP contribution is -2.41. The third kappa shape index (κ3) is 4.10. The molecule has 24 heavy (non-hydrogen) atoms. The van der Waals surface area contributed by atoms with E-state index in [1.165, 1.54) is 0 Å². The van der Waals surface area contributed by atoms with Crippen LogP contribution in [-0.4, -0.2) is 42.2 Å². The average molecular weight is 341 g/mol. The van der Waals surface area contributed by atoms with Crippen LogP contribution in [-0.2, 0) is 4.74 Å². The lowest BCUT2D eigenvalue weighted by atomic mass is 10.1. The van der Waals surface area contributed by atoms with Crippen molar-refractivity contribution in [3.63, 3.8) is 0 Å². The van der Waals surface area contributed by atoms with Gasteiger partial charge in [0.05, 0.1) is 24.5 Å². The van der Waals surface area contributed by atoms with Crippen molar-refractivity contribution < 1.29 is 9.53 Å². The quantitative estimate of drug-likeness (QED) is 0.841. The Morgan fingerprint density at radius 3 is 2.38 bits per heavy atom. The van der Waals surface area contributed by atoms with Gasteiger partial charge in [-0.25, -0.2) is 0 Å². The van der Waals surface area contributed by atoms with Gasteiger partial charge in [-0.1, -0.05) is 30.3 Å². The zero-order chi connectivity index (χ0) is 16.8. The Kier molecular flexibility index (Phi) is 5.40. The van der Waals surface area contributed by atoms with Crippen molar-refractivity contribution in [2.24, 2.45) is 0 Å². The lowest BCUT2D eigenvalue weighted by Gasteiger charge is -2.27. The summed E-state index contributed by atoms with van der Waals surface area (Å²) in [4.78, 5) is 14.5. The van der Waals surface area contributed by atoms with Gasteiger partial charge in [0.1, 0.15) is 0 Å². The van der Waals surface area contributed by atoms with Crippen LogP contribution < -0.4 is 10.6 Å². The number of hydrogen-bond donors (Lipinski definition) is 2. The summed E-state index contributed by atoms with van der Waals surface area (Å²) in [5.41, 5.74) is 2.20. The minimum absolute atomic E-state index is 0.0103. The largest absolute Gasteiger partial charge is 0.378 e. The van der Waals surface area contributed by atoms with E-state index in [1.54, 1.807) is 4.90 Å². The van der Waals surface area contributed by atoms with Gasteiger partial charge in [-0.15, -0.1) is 0 Å². The van der Waals surface area contributed by atoms with Crippen molar-refractivity contribution in [3.8, 4) is 0 Å². The summed E-state index contributed by atoms with van der Waals surface area (Å²) >= 11 is 5.35. The van der Waals surface area contributed by atoms with E-state index in [4.69, 9.17) is 17.0 Å². The predicted molar refractivity (Wildman–Crippen MR) is 99.4 cm³/mol. The molecule has 1 aliphatic heterocycles. The number of thiocarbonyl (C=S) groups is 1. The number of amides is 1. The van der Waals surface area contributed by atoms with Crippen LogP contribution in [0.15, 0.2) is 54.6 Å². The molecule has 0 aromatic heterocycles. The van der Waals surface area contributed by atoms with Crippen molar-refractivity contribution in [1.29, 1.82) is 0 Å². The maximum Gasteiger partial charge on any atom is 0.256 e. The van der Waals surface area contributed by atoms with E-state index < -0.39 is 0 Å². The number of rotatable bonds is 3. The normalized spacial score (nSPS) is 14.1. The molecular formula is C18H19N3O2S. The molecule has 1 fully saturated rings. The predicted octanol–water partition coefficient (Wildman–Crippen LogP) is 2.97. The lowest BCUT2D eigenvalue weighted by molar-refractivity contribution is 0.0303. The first-order valence-corrected chi connectivity index (χ1v) is 8.24. The Bertz CT molecular complexity index is 715. The fraction of sp³-hybridized carbons (Fsp3) is 0.222. The fourth-order valence-electron chi connectivity index (χ4n) is 2.52. The van der Waals surface area contributed by atoms with Gasteiger partial charge in [0, 0.05) is 18.8 Å². The van der Waals surface area contributed by atoms with Gasteiger partial charge < -0.3 is 20.3 Å². The Morgan fingerprint density at radius 2 is 1.62 bits per heavy atom. The highest BCUT2D eigenvalue weighted by atomic mass is 32.1. The minimum Gasteiger partial charge on any atom is -0.378 e. The molecule has 0 aliphatic carbocycles.